The van der Waals surface area contributed by atoms with Gasteiger partial charge in [0.1, 0.15) is 0 Å². The molecule has 0 bridgehead atoms. The predicted octanol–water partition coefficient (Wildman–Crippen LogP) is 5.55. The minimum absolute atomic E-state index is 0.0372. The zero-order chi connectivity index (χ0) is 15.4. The molecule has 2 nitrogen and oxygen atoms in total. The quantitative estimate of drug-likeness (QED) is 0.667. The average molecular weight is 358 g/mol. The molecule has 2 aromatic rings. The van der Waals surface area contributed by atoms with E-state index in [1.165, 1.54) is 24.0 Å². The summed E-state index contributed by atoms with van der Waals surface area (Å²) in [5, 5.41) is 0. The molecule has 2 aliphatic rings. The van der Waals surface area contributed by atoms with Crippen molar-refractivity contribution in [3.05, 3.63) is 52.1 Å². The highest BCUT2D eigenvalue weighted by Gasteiger charge is 2.50. The molecule has 1 aliphatic carbocycles. The molecule has 1 fully saturated rings. The molecule has 1 aromatic carbocycles. The van der Waals surface area contributed by atoms with Crippen LogP contribution < -0.4 is 0 Å². The molecule has 1 saturated carbocycles. The number of nitrogens with zero attached hydrogens (tertiary/aromatic N) is 1. The van der Waals surface area contributed by atoms with E-state index < -0.39 is 0 Å². The van der Waals surface area contributed by atoms with E-state index in [2.05, 4.69) is 59.0 Å². The number of aromatic nitrogens is 1. The van der Waals surface area contributed by atoms with Gasteiger partial charge in [0, 0.05) is 16.2 Å². The minimum Gasteiger partial charge on any atom is -0.360 e. The second-order valence-electron chi connectivity index (χ2n) is 6.94. The number of fused-ring (bicyclic) bond motifs is 2. The van der Waals surface area contributed by atoms with Crippen LogP contribution in [0.15, 0.2) is 41.0 Å². The van der Waals surface area contributed by atoms with Gasteiger partial charge in [-0.05, 0) is 71.9 Å². The van der Waals surface area contributed by atoms with Crippen molar-refractivity contribution in [2.24, 2.45) is 0 Å². The maximum Gasteiger partial charge on any atom is 0.0946 e. The summed E-state index contributed by atoms with van der Waals surface area (Å²) in [7, 11) is 0. The zero-order valence-electron chi connectivity index (χ0n) is 13.0. The molecule has 22 heavy (non-hydrogen) atoms. The van der Waals surface area contributed by atoms with Crippen LogP contribution in [0.3, 0.4) is 0 Å². The lowest BCUT2D eigenvalue weighted by atomic mass is 9.86. The molecule has 1 aliphatic heterocycles. The Morgan fingerprint density at radius 1 is 1.05 bits per heavy atom. The Morgan fingerprint density at radius 2 is 1.82 bits per heavy atom. The standard InChI is InChI=1S/C19H20BrNO/c1-18(2)16-11-13(17-8-6-14(20)12-21-17)5-7-15(16)19(22-18)9-3-4-10-19/h5-8,11-12H,3-4,9-10H2,1-2H3. The van der Waals surface area contributed by atoms with Crippen LogP contribution in [0.4, 0.5) is 0 Å². The number of hydrogen-bond acceptors (Lipinski definition) is 2. The topological polar surface area (TPSA) is 22.1 Å². The van der Waals surface area contributed by atoms with Crippen LogP contribution >= 0.6 is 15.9 Å². The fourth-order valence-corrected chi connectivity index (χ4v) is 4.30. The molecule has 0 radical (unpaired) electrons. The van der Waals surface area contributed by atoms with Crippen molar-refractivity contribution in [1.29, 1.82) is 0 Å². The normalized spacial score (nSPS) is 21.2. The minimum atomic E-state index is -0.217. The molecule has 0 amide bonds. The van der Waals surface area contributed by atoms with Crippen molar-refractivity contribution < 1.29 is 4.74 Å². The van der Waals surface area contributed by atoms with Gasteiger partial charge in [-0.3, -0.25) is 4.98 Å². The summed E-state index contributed by atoms with van der Waals surface area (Å²) in [5.41, 5.74) is 4.65. The third-order valence-electron chi connectivity index (χ3n) is 5.04. The summed E-state index contributed by atoms with van der Waals surface area (Å²) in [4.78, 5) is 4.52. The molecule has 0 saturated heterocycles. The summed E-state index contributed by atoms with van der Waals surface area (Å²) >= 11 is 3.44. The fourth-order valence-electron chi connectivity index (χ4n) is 4.06. The molecule has 0 unspecified atom stereocenters. The van der Waals surface area contributed by atoms with Crippen LogP contribution in [-0.2, 0) is 15.9 Å². The molecule has 1 aromatic heterocycles. The highest BCUT2D eigenvalue weighted by atomic mass is 79.9. The zero-order valence-corrected chi connectivity index (χ0v) is 14.6. The van der Waals surface area contributed by atoms with Gasteiger partial charge in [-0.1, -0.05) is 25.0 Å². The van der Waals surface area contributed by atoms with E-state index in [0.29, 0.717) is 0 Å². The molecule has 3 heteroatoms. The number of hydrogen-bond donors (Lipinski definition) is 0. The van der Waals surface area contributed by atoms with Crippen molar-refractivity contribution in [3.63, 3.8) is 0 Å². The van der Waals surface area contributed by atoms with Gasteiger partial charge in [0.15, 0.2) is 0 Å². The van der Waals surface area contributed by atoms with Gasteiger partial charge in [0.2, 0.25) is 0 Å². The van der Waals surface area contributed by atoms with E-state index in [0.717, 1.165) is 28.6 Å². The first-order valence-corrected chi connectivity index (χ1v) is 8.77. The average Bonchev–Trinajstić information content (AvgIpc) is 3.04. The van der Waals surface area contributed by atoms with Crippen molar-refractivity contribution in [2.75, 3.05) is 0 Å². The van der Waals surface area contributed by atoms with Gasteiger partial charge in [-0.2, -0.15) is 0 Å². The maximum atomic E-state index is 6.55. The first-order chi connectivity index (χ1) is 10.5. The van der Waals surface area contributed by atoms with E-state index >= 15 is 0 Å². The van der Waals surface area contributed by atoms with Crippen LogP contribution in [0, 0.1) is 0 Å². The first-order valence-electron chi connectivity index (χ1n) is 7.97. The van der Waals surface area contributed by atoms with E-state index in [1.54, 1.807) is 0 Å². The lowest BCUT2D eigenvalue weighted by Crippen LogP contribution is -2.25. The van der Waals surface area contributed by atoms with Crippen LogP contribution in [-0.4, -0.2) is 4.98 Å². The largest absolute Gasteiger partial charge is 0.360 e. The second kappa shape index (κ2) is 4.90. The lowest BCUT2D eigenvalue weighted by molar-refractivity contribution is -0.122. The van der Waals surface area contributed by atoms with Crippen LogP contribution in [0.5, 0.6) is 0 Å². The molecule has 0 N–H and O–H groups in total. The van der Waals surface area contributed by atoms with E-state index in [9.17, 15) is 0 Å². The van der Waals surface area contributed by atoms with Crippen LogP contribution in [0.2, 0.25) is 0 Å². The molecular weight excluding hydrogens is 338 g/mol. The second-order valence-corrected chi connectivity index (χ2v) is 7.85. The predicted molar refractivity (Wildman–Crippen MR) is 91.6 cm³/mol. The third-order valence-corrected chi connectivity index (χ3v) is 5.51. The smallest absolute Gasteiger partial charge is 0.0946 e. The number of halogens is 1. The number of ether oxygens (including phenoxy) is 1. The number of benzene rings is 1. The van der Waals surface area contributed by atoms with E-state index in [-0.39, 0.29) is 11.2 Å². The number of pyridine rings is 1. The third kappa shape index (κ3) is 2.14. The van der Waals surface area contributed by atoms with Crippen molar-refractivity contribution in [1.82, 2.24) is 4.98 Å². The van der Waals surface area contributed by atoms with Gasteiger partial charge < -0.3 is 4.74 Å². The van der Waals surface area contributed by atoms with Gasteiger partial charge in [0.25, 0.3) is 0 Å². The van der Waals surface area contributed by atoms with Crippen molar-refractivity contribution in [3.8, 4) is 11.3 Å². The lowest BCUT2D eigenvalue weighted by Gasteiger charge is -2.28. The molecule has 114 valence electrons. The Bertz CT molecular complexity index is 715. The Kier molecular flexibility index (Phi) is 3.21. The summed E-state index contributed by atoms with van der Waals surface area (Å²) in [6.45, 7) is 4.38. The Labute approximate surface area is 140 Å². The SMILES string of the molecule is CC1(C)OC2(CCCC2)c2ccc(-c3ccc(Br)cn3)cc21. The Hall–Kier alpha value is -1.19. The van der Waals surface area contributed by atoms with Crippen LogP contribution in [0.1, 0.15) is 50.7 Å². The summed E-state index contributed by atoms with van der Waals surface area (Å²) in [5.74, 6) is 0. The monoisotopic (exact) mass is 357 g/mol. The molecule has 1 spiro atoms. The van der Waals surface area contributed by atoms with Gasteiger partial charge in [-0.15, -0.1) is 0 Å². The molecule has 0 atom stereocenters. The number of rotatable bonds is 1. The molecular formula is C19H20BrNO. The summed E-state index contributed by atoms with van der Waals surface area (Å²) < 4.78 is 7.56. The summed E-state index contributed by atoms with van der Waals surface area (Å²) in [6.07, 6.45) is 6.69. The van der Waals surface area contributed by atoms with Crippen LogP contribution in [0.25, 0.3) is 11.3 Å². The van der Waals surface area contributed by atoms with Gasteiger partial charge in [0.05, 0.1) is 16.9 Å². The van der Waals surface area contributed by atoms with Gasteiger partial charge in [-0.25, -0.2) is 0 Å². The Morgan fingerprint density at radius 3 is 2.50 bits per heavy atom. The van der Waals surface area contributed by atoms with E-state index in [1.807, 2.05) is 12.3 Å². The van der Waals surface area contributed by atoms with E-state index in [4.69, 9.17) is 4.74 Å². The fraction of sp³-hybridized carbons (Fsp3) is 0.421. The molecule has 4 rings (SSSR count). The molecule has 2 heterocycles. The maximum absolute atomic E-state index is 6.55. The first kappa shape index (κ1) is 14.4. The summed E-state index contributed by atoms with van der Waals surface area (Å²) in [6, 6.07) is 10.8. The van der Waals surface area contributed by atoms with Gasteiger partial charge >= 0.3 is 0 Å². The highest BCUT2D eigenvalue weighted by Crippen LogP contribution is 2.55. The van der Waals surface area contributed by atoms with Crippen molar-refractivity contribution >= 4 is 15.9 Å². The highest BCUT2D eigenvalue weighted by molar-refractivity contribution is 9.10. The van der Waals surface area contributed by atoms with Crippen molar-refractivity contribution in [2.45, 2.75) is 50.7 Å². The Balaban J connectivity index is 1.82.